The first-order valence-corrected chi connectivity index (χ1v) is 7.63. The first-order valence-electron chi connectivity index (χ1n) is 7.63. The highest BCUT2D eigenvalue weighted by Gasteiger charge is 2.25. The molecule has 0 unspecified atom stereocenters. The van der Waals surface area contributed by atoms with Gasteiger partial charge in [-0.2, -0.15) is 0 Å². The third-order valence-electron chi connectivity index (χ3n) is 4.21. The Balaban J connectivity index is 2.01. The lowest BCUT2D eigenvalue weighted by molar-refractivity contribution is 0.343. The molecule has 1 aliphatic rings. The molecule has 1 aliphatic heterocycles. The second kappa shape index (κ2) is 6.82. The van der Waals surface area contributed by atoms with Gasteiger partial charge in [-0.05, 0) is 37.3 Å². The predicted molar refractivity (Wildman–Crippen MR) is 80.1 cm³/mol. The van der Waals surface area contributed by atoms with Gasteiger partial charge in [0.05, 0.1) is 0 Å². The number of unbranched alkanes of at least 4 members (excludes halogenated alkanes) is 2. The number of rotatable bonds is 5. The van der Waals surface area contributed by atoms with Crippen molar-refractivity contribution < 1.29 is 0 Å². The van der Waals surface area contributed by atoms with Gasteiger partial charge in [0.15, 0.2) is 0 Å². The van der Waals surface area contributed by atoms with Crippen LogP contribution >= 0.6 is 0 Å². The summed E-state index contributed by atoms with van der Waals surface area (Å²) in [5, 5.41) is 0. The lowest BCUT2D eigenvalue weighted by Crippen LogP contribution is -2.42. The predicted octanol–water partition coefficient (Wildman–Crippen LogP) is 4.87. The van der Waals surface area contributed by atoms with Crippen LogP contribution in [0.25, 0.3) is 0 Å². The highest BCUT2D eigenvalue weighted by molar-refractivity contribution is 5.47. The van der Waals surface area contributed by atoms with E-state index >= 15 is 0 Å². The molecule has 0 aromatic heterocycles. The third kappa shape index (κ3) is 3.51. The van der Waals surface area contributed by atoms with Crippen LogP contribution in [0.3, 0.4) is 0 Å². The molecule has 0 radical (unpaired) electrons. The van der Waals surface area contributed by atoms with E-state index in [4.69, 9.17) is 0 Å². The SMILES string of the molecule is CCCCC[C@@H]1C[C@H](C)CCN1c1ccccc1. The number of para-hydroxylation sites is 1. The summed E-state index contributed by atoms with van der Waals surface area (Å²) < 4.78 is 0. The van der Waals surface area contributed by atoms with Crippen molar-refractivity contribution in [3.63, 3.8) is 0 Å². The molecule has 1 heterocycles. The maximum absolute atomic E-state index is 2.65. The molecule has 2 atom stereocenters. The van der Waals surface area contributed by atoms with E-state index < -0.39 is 0 Å². The molecule has 0 amide bonds. The number of piperidine rings is 1. The average Bonchev–Trinajstić information content (AvgIpc) is 2.40. The van der Waals surface area contributed by atoms with Crippen LogP contribution < -0.4 is 4.90 Å². The summed E-state index contributed by atoms with van der Waals surface area (Å²) in [6, 6.07) is 11.7. The van der Waals surface area contributed by atoms with Crippen molar-refractivity contribution in [1.29, 1.82) is 0 Å². The minimum Gasteiger partial charge on any atom is -0.369 e. The van der Waals surface area contributed by atoms with Crippen molar-refractivity contribution >= 4 is 5.69 Å². The average molecular weight is 245 g/mol. The van der Waals surface area contributed by atoms with Gasteiger partial charge in [0.2, 0.25) is 0 Å². The number of hydrogen-bond acceptors (Lipinski definition) is 1. The molecule has 1 aromatic carbocycles. The van der Waals surface area contributed by atoms with E-state index in [1.54, 1.807) is 0 Å². The molecule has 2 rings (SSSR count). The van der Waals surface area contributed by atoms with Crippen LogP contribution in [0.5, 0.6) is 0 Å². The number of anilines is 1. The van der Waals surface area contributed by atoms with E-state index in [9.17, 15) is 0 Å². The fraction of sp³-hybridized carbons (Fsp3) is 0.647. The first kappa shape index (κ1) is 13.5. The second-order valence-corrected chi connectivity index (χ2v) is 5.81. The maximum Gasteiger partial charge on any atom is 0.0368 e. The molecule has 1 aromatic rings. The fourth-order valence-electron chi connectivity index (χ4n) is 3.11. The van der Waals surface area contributed by atoms with Crippen LogP contribution in [-0.4, -0.2) is 12.6 Å². The Morgan fingerprint density at radius 1 is 1.17 bits per heavy atom. The van der Waals surface area contributed by atoms with Gasteiger partial charge in [-0.15, -0.1) is 0 Å². The summed E-state index contributed by atoms with van der Waals surface area (Å²) in [6.45, 7) is 5.94. The van der Waals surface area contributed by atoms with Gasteiger partial charge in [-0.1, -0.05) is 51.3 Å². The maximum atomic E-state index is 2.65. The molecule has 1 fully saturated rings. The van der Waals surface area contributed by atoms with Crippen LogP contribution in [0.2, 0.25) is 0 Å². The van der Waals surface area contributed by atoms with E-state index in [0.29, 0.717) is 0 Å². The molecule has 0 saturated carbocycles. The zero-order valence-electron chi connectivity index (χ0n) is 11.9. The van der Waals surface area contributed by atoms with Crippen LogP contribution in [-0.2, 0) is 0 Å². The number of benzene rings is 1. The molecule has 0 N–H and O–H groups in total. The summed E-state index contributed by atoms with van der Waals surface area (Å²) in [4.78, 5) is 2.65. The second-order valence-electron chi connectivity index (χ2n) is 5.81. The molecular weight excluding hydrogens is 218 g/mol. The molecular formula is C17H27N. The van der Waals surface area contributed by atoms with E-state index in [1.165, 1.54) is 50.8 Å². The van der Waals surface area contributed by atoms with E-state index in [-0.39, 0.29) is 0 Å². The zero-order chi connectivity index (χ0) is 12.8. The van der Waals surface area contributed by atoms with E-state index in [1.807, 2.05) is 0 Å². The Morgan fingerprint density at radius 3 is 2.67 bits per heavy atom. The Morgan fingerprint density at radius 2 is 1.94 bits per heavy atom. The minimum absolute atomic E-state index is 0.766. The number of hydrogen-bond donors (Lipinski definition) is 0. The lowest BCUT2D eigenvalue weighted by atomic mass is 9.89. The van der Waals surface area contributed by atoms with Crippen LogP contribution in [0.1, 0.15) is 52.4 Å². The van der Waals surface area contributed by atoms with Gasteiger partial charge in [0.25, 0.3) is 0 Å². The normalized spacial score (nSPS) is 24.2. The van der Waals surface area contributed by atoms with Crippen molar-refractivity contribution in [2.45, 2.75) is 58.4 Å². The smallest absolute Gasteiger partial charge is 0.0368 e. The summed E-state index contributed by atoms with van der Waals surface area (Å²) in [7, 11) is 0. The molecule has 100 valence electrons. The summed E-state index contributed by atoms with van der Waals surface area (Å²) >= 11 is 0. The van der Waals surface area contributed by atoms with Crippen molar-refractivity contribution in [3.8, 4) is 0 Å². The number of nitrogens with zero attached hydrogens (tertiary/aromatic N) is 1. The van der Waals surface area contributed by atoms with Crippen LogP contribution in [0, 0.1) is 5.92 Å². The summed E-state index contributed by atoms with van der Waals surface area (Å²) in [5.74, 6) is 0.900. The Bertz CT molecular complexity index is 333. The van der Waals surface area contributed by atoms with Gasteiger partial charge in [-0.25, -0.2) is 0 Å². The molecule has 0 spiro atoms. The summed E-state index contributed by atoms with van der Waals surface area (Å²) in [6.07, 6.45) is 8.18. The van der Waals surface area contributed by atoms with Gasteiger partial charge in [-0.3, -0.25) is 0 Å². The quantitative estimate of drug-likeness (QED) is 0.669. The molecule has 0 aliphatic carbocycles. The van der Waals surface area contributed by atoms with Crippen molar-refractivity contribution in [3.05, 3.63) is 30.3 Å². The van der Waals surface area contributed by atoms with Crippen LogP contribution in [0.15, 0.2) is 30.3 Å². The van der Waals surface area contributed by atoms with Crippen molar-refractivity contribution in [2.75, 3.05) is 11.4 Å². The van der Waals surface area contributed by atoms with Crippen LogP contribution in [0.4, 0.5) is 5.69 Å². The highest BCUT2D eigenvalue weighted by atomic mass is 15.2. The molecule has 1 nitrogen and oxygen atoms in total. The monoisotopic (exact) mass is 245 g/mol. The molecule has 1 heteroatoms. The van der Waals surface area contributed by atoms with Crippen molar-refractivity contribution in [1.82, 2.24) is 0 Å². The largest absolute Gasteiger partial charge is 0.369 e. The van der Waals surface area contributed by atoms with Gasteiger partial charge < -0.3 is 4.90 Å². The Hall–Kier alpha value is -0.980. The molecule has 18 heavy (non-hydrogen) atoms. The molecule has 0 bridgehead atoms. The fourth-order valence-corrected chi connectivity index (χ4v) is 3.11. The highest BCUT2D eigenvalue weighted by Crippen LogP contribution is 2.30. The van der Waals surface area contributed by atoms with Gasteiger partial charge in [0, 0.05) is 18.3 Å². The summed E-state index contributed by atoms with van der Waals surface area (Å²) in [5.41, 5.74) is 1.42. The lowest BCUT2D eigenvalue weighted by Gasteiger charge is -2.40. The third-order valence-corrected chi connectivity index (χ3v) is 4.21. The van der Waals surface area contributed by atoms with Gasteiger partial charge in [0.1, 0.15) is 0 Å². The minimum atomic E-state index is 0.766. The van der Waals surface area contributed by atoms with E-state index in [2.05, 4.69) is 49.1 Å². The van der Waals surface area contributed by atoms with E-state index in [0.717, 1.165) is 12.0 Å². The topological polar surface area (TPSA) is 3.24 Å². The first-order chi connectivity index (χ1) is 8.81. The Labute approximate surface area is 112 Å². The Kier molecular flexibility index (Phi) is 5.10. The standard InChI is InChI=1S/C17H27N/c1-3-4-6-11-17-14-15(2)12-13-18(17)16-9-7-5-8-10-16/h5,7-10,15,17H,3-4,6,11-14H2,1-2H3/t15-,17-/m1/s1. The molecule has 1 saturated heterocycles. The van der Waals surface area contributed by atoms with Gasteiger partial charge >= 0.3 is 0 Å². The zero-order valence-corrected chi connectivity index (χ0v) is 11.9. The van der Waals surface area contributed by atoms with Crippen molar-refractivity contribution in [2.24, 2.45) is 5.92 Å².